The van der Waals surface area contributed by atoms with Crippen molar-refractivity contribution in [3.63, 3.8) is 0 Å². The summed E-state index contributed by atoms with van der Waals surface area (Å²) in [5.74, 6) is 0.216. The molecular formula is C23H43NO3Sn. The number of unbranched alkanes of at least 4 members (excludes halogenated alkanes) is 3. The van der Waals surface area contributed by atoms with Gasteiger partial charge in [0, 0.05) is 0 Å². The molecule has 1 aliphatic heterocycles. The summed E-state index contributed by atoms with van der Waals surface area (Å²) < 4.78 is 10.6. The van der Waals surface area contributed by atoms with E-state index in [1.54, 1.807) is 4.90 Å². The Labute approximate surface area is 177 Å². The van der Waals surface area contributed by atoms with Gasteiger partial charge in [-0.3, -0.25) is 0 Å². The Hall–Kier alpha value is -0.521. The molecule has 0 saturated carbocycles. The Morgan fingerprint density at radius 1 is 0.964 bits per heavy atom. The number of ketones is 1. The summed E-state index contributed by atoms with van der Waals surface area (Å²) in [4.78, 5) is 27.5. The van der Waals surface area contributed by atoms with E-state index in [1.807, 2.05) is 20.8 Å². The van der Waals surface area contributed by atoms with Crippen molar-refractivity contribution in [2.75, 3.05) is 13.1 Å². The Kier molecular flexibility index (Phi) is 10.6. The van der Waals surface area contributed by atoms with Crippen LogP contribution in [-0.4, -0.2) is 53.8 Å². The average molecular weight is 500 g/mol. The molecule has 0 bridgehead atoms. The minimum absolute atomic E-state index is 0.199. The molecule has 0 fully saturated rings. The second kappa shape index (κ2) is 11.6. The van der Waals surface area contributed by atoms with Gasteiger partial charge in [-0.05, 0) is 0 Å². The zero-order valence-electron chi connectivity index (χ0n) is 19.5. The Bertz CT molecular complexity index is 541. The van der Waals surface area contributed by atoms with Crippen molar-refractivity contribution in [2.24, 2.45) is 0 Å². The molecule has 0 spiro atoms. The SMILES string of the molecule is CCC[CH2][Sn]([CH2]CCC)([CH2]CCC)[C]1=C(C)CN(C(=O)OC(C)(C)C)CC1=O. The van der Waals surface area contributed by atoms with Gasteiger partial charge in [0.1, 0.15) is 0 Å². The average Bonchev–Trinajstić information content (AvgIpc) is 2.60. The number of amides is 1. The molecule has 5 heteroatoms. The monoisotopic (exact) mass is 501 g/mol. The van der Waals surface area contributed by atoms with Gasteiger partial charge in [-0.15, -0.1) is 0 Å². The predicted molar refractivity (Wildman–Crippen MR) is 120 cm³/mol. The second-order valence-corrected chi connectivity index (χ2v) is 22.5. The molecule has 162 valence electrons. The number of hydrogen-bond acceptors (Lipinski definition) is 3. The van der Waals surface area contributed by atoms with E-state index in [0.29, 0.717) is 6.54 Å². The molecule has 1 heterocycles. The fourth-order valence-corrected chi connectivity index (χ4v) is 22.2. The van der Waals surface area contributed by atoms with E-state index in [4.69, 9.17) is 4.74 Å². The molecular weight excluding hydrogens is 457 g/mol. The summed E-state index contributed by atoms with van der Waals surface area (Å²) in [6.45, 7) is 15.2. The third-order valence-corrected chi connectivity index (χ3v) is 21.9. The summed E-state index contributed by atoms with van der Waals surface area (Å²) in [5, 5.41) is 0. The van der Waals surface area contributed by atoms with E-state index in [1.165, 1.54) is 55.4 Å². The van der Waals surface area contributed by atoms with Crippen molar-refractivity contribution in [1.82, 2.24) is 4.90 Å². The fourth-order valence-electron chi connectivity index (χ4n) is 4.41. The Morgan fingerprint density at radius 2 is 1.43 bits per heavy atom. The van der Waals surface area contributed by atoms with Crippen LogP contribution >= 0.6 is 0 Å². The third kappa shape index (κ3) is 7.38. The van der Waals surface area contributed by atoms with Crippen molar-refractivity contribution in [3.8, 4) is 0 Å². The van der Waals surface area contributed by atoms with Gasteiger partial charge in [0.15, 0.2) is 0 Å². The number of Topliss-reactive ketones (excluding diaryl/α,β-unsaturated/α-hetero) is 1. The van der Waals surface area contributed by atoms with E-state index in [2.05, 4.69) is 27.7 Å². The molecule has 0 atom stereocenters. The summed E-state index contributed by atoms with van der Waals surface area (Å²) in [6, 6.07) is 0. The van der Waals surface area contributed by atoms with E-state index in [0.717, 1.165) is 5.57 Å². The number of nitrogens with zero attached hydrogens (tertiary/aromatic N) is 1. The number of carbonyl (C=O) groups excluding carboxylic acids is 2. The molecule has 0 unspecified atom stereocenters. The van der Waals surface area contributed by atoms with E-state index >= 15 is 0 Å². The van der Waals surface area contributed by atoms with Gasteiger partial charge in [0.05, 0.1) is 0 Å². The van der Waals surface area contributed by atoms with Crippen molar-refractivity contribution >= 4 is 30.3 Å². The van der Waals surface area contributed by atoms with Crippen molar-refractivity contribution in [2.45, 2.75) is 106 Å². The second-order valence-electron chi connectivity index (χ2n) is 9.51. The maximum atomic E-state index is 13.4. The summed E-state index contributed by atoms with van der Waals surface area (Å²) >= 11 is -2.78. The standard InChI is InChI=1S/C11H16NO3.3C4H9.Sn/c1-8-5-9(13)7-12(6-8)10(14)15-11(2,3)4;3*1-3-4-2;/h6-7H2,1-4H3;3*1,3-4H2,2H3;. The van der Waals surface area contributed by atoms with Crippen LogP contribution in [0.1, 0.15) is 87.0 Å². The van der Waals surface area contributed by atoms with E-state index in [-0.39, 0.29) is 18.4 Å². The van der Waals surface area contributed by atoms with E-state index in [9.17, 15) is 9.59 Å². The minimum atomic E-state index is -2.78. The molecule has 0 N–H and O–H groups in total. The molecule has 0 aromatic carbocycles. The van der Waals surface area contributed by atoms with Crippen LogP contribution in [0.15, 0.2) is 9.16 Å². The summed E-state index contributed by atoms with van der Waals surface area (Å²) in [6.07, 6.45) is 6.94. The van der Waals surface area contributed by atoms with Crippen LogP contribution in [0.25, 0.3) is 0 Å². The molecule has 1 aliphatic rings. The van der Waals surface area contributed by atoms with Crippen LogP contribution in [0, 0.1) is 0 Å². The summed E-state index contributed by atoms with van der Waals surface area (Å²) in [5.41, 5.74) is 0.617. The van der Waals surface area contributed by atoms with Crippen LogP contribution in [0.5, 0.6) is 0 Å². The summed E-state index contributed by atoms with van der Waals surface area (Å²) in [7, 11) is 0. The normalized spacial score (nSPS) is 16.0. The van der Waals surface area contributed by atoms with Crippen LogP contribution in [-0.2, 0) is 9.53 Å². The first-order chi connectivity index (χ1) is 13.1. The quantitative estimate of drug-likeness (QED) is 0.322. The van der Waals surface area contributed by atoms with Gasteiger partial charge in [-0.1, -0.05) is 0 Å². The van der Waals surface area contributed by atoms with Crippen LogP contribution in [0.4, 0.5) is 4.79 Å². The number of rotatable bonds is 10. The zero-order chi connectivity index (χ0) is 21.4. The van der Waals surface area contributed by atoms with E-state index < -0.39 is 24.0 Å². The molecule has 0 aromatic rings. The topological polar surface area (TPSA) is 46.6 Å². The van der Waals surface area contributed by atoms with Gasteiger partial charge >= 0.3 is 178 Å². The first-order valence-corrected chi connectivity index (χ1v) is 18.8. The van der Waals surface area contributed by atoms with Gasteiger partial charge in [-0.25, -0.2) is 0 Å². The van der Waals surface area contributed by atoms with Crippen molar-refractivity contribution < 1.29 is 14.3 Å². The van der Waals surface area contributed by atoms with Gasteiger partial charge in [0.25, 0.3) is 0 Å². The molecule has 1 amide bonds. The Morgan fingerprint density at radius 3 is 1.79 bits per heavy atom. The number of carbonyl (C=O) groups is 2. The Balaban J connectivity index is 3.21. The van der Waals surface area contributed by atoms with Crippen LogP contribution in [0.3, 0.4) is 0 Å². The molecule has 4 nitrogen and oxygen atoms in total. The van der Waals surface area contributed by atoms with Gasteiger partial charge in [-0.2, -0.15) is 0 Å². The molecule has 0 aliphatic carbocycles. The maximum absolute atomic E-state index is 13.4. The molecule has 0 aromatic heterocycles. The zero-order valence-corrected chi connectivity index (χ0v) is 22.3. The first-order valence-electron chi connectivity index (χ1n) is 11.3. The first kappa shape index (κ1) is 25.5. The van der Waals surface area contributed by atoms with Crippen molar-refractivity contribution in [3.05, 3.63) is 9.16 Å². The van der Waals surface area contributed by atoms with Gasteiger partial charge < -0.3 is 0 Å². The van der Waals surface area contributed by atoms with Crippen molar-refractivity contribution in [1.29, 1.82) is 0 Å². The van der Waals surface area contributed by atoms with Crippen LogP contribution in [0.2, 0.25) is 13.3 Å². The number of hydrogen-bond donors (Lipinski definition) is 0. The molecule has 28 heavy (non-hydrogen) atoms. The van der Waals surface area contributed by atoms with Crippen LogP contribution < -0.4 is 0 Å². The molecule has 0 radical (unpaired) electrons. The number of ether oxygens (including phenoxy) is 1. The molecule has 1 rings (SSSR count). The van der Waals surface area contributed by atoms with Gasteiger partial charge in [0.2, 0.25) is 0 Å². The predicted octanol–water partition coefficient (Wildman–Crippen LogP) is 6.51. The third-order valence-electron chi connectivity index (χ3n) is 5.68. The fraction of sp³-hybridized carbons (Fsp3) is 0.826. The molecule has 0 saturated heterocycles.